The van der Waals surface area contributed by atoms with E-state index in [0.29, 0.717) is 15.8 Å². The van der Waals surface area contributed by atoms with Crippen LogP contribution >= 0.6 is 22.7 Å². The van der Waals surface area contributed by atoms with Gasteiger partial charge in [-0.1, -0.05) is 41.6 Å². The lowest BCUT2D eigenvalue weighted by molar-refractivity contribution is -0.169. The number of carbonyl (C=O) groups is 2. The zero-order valence-electron chi connectivity index (χ0n) is 25.9. The van der Waals surface area contributed by atoms with Crippen LogP contribution in [0.4, 0.5) is 0 Å². The van der Waals surface area contributed by atoms with Crippen molar-refractivity contribution in [3.05, 3.63) is 92.5 Å². The van der Waals surface area contributed by atoms with Gasteiger partial charge in [0.05, 0.1) is 15.3 Å². The number of fused-ring (bicyclic) bond motifs is 3. The normalized spacial score (nSPS) is 19.3. The zero-order valence-corrected chi connectivity index (χ0v) is 27.6. The van der Waals surface area contributed by atoms with Crippen molar-refractivity contribution in [3.8, 4) is 10.4 Å². The summed E-state index contributed by atoms with van der Waals surface area (Å²) in [6, 6.07) is 19.8. The van der Waals surface area contributed by atoms with Crippen molar-refractivity contribution in [2.45, 2.75) is 75.7 Å². The molecule has 0 saturated heterocycles. The monoisotopic (exact) mass is 654 g/mol. The molecule has 0 unspecified atom stereocenters. The van der Waals surface area contributed by atoms with Gasteiger partial charge in [-0.25, -0.2) is 9.48 Å². The van der Waals surface area contributed by atoms with Gasteiger partial charge in [0.2, 0.25) is 5.60 Å². The van der Waals surface area contributed by atoms with E-state index in [0.717, 1.165) is 97.8 Å². The van der Waals surface area contributed by atoms with Gasteiger partial charge in [-0.3, -0.25) is 4.79 Å². The Morgan fingerprint density at radius 2 is 1.87 bits per heavy atom. The molecular formula is C36H38N4O4S2. The number of nitrogens with zero attached hydrogens (tertiary/aromatic N) is 4. The molecule has 0 amide bonds. The Balaban J connectivity index is 0.952. The van der Waals surface area contributed by atoms with Crippen LogP contribution in [-0.2, 0) is 34.5 Å². The Morgan fingerprint density at radius 1 is 1.07 bits per heavy atom. The minimum atomic E-state index is -1.83. The Kier molecular flexibility index (Phi) is 8.87. The van der Waals surface area contributed by atoms with Gasteiger partial charge >= 0.3 is 5.97 Å². The number of aromatic nitrogens is 3. The minimum absolute atomic E-state index is 0.225. The summed E-state index contributed by atoms with van der Waals surface area (Å²) >= 11 is 2.79. The van der Waals surface area contributed by atoms with Crippen molar-refractivity contribution in [1.82, 2.24) is 19.9 Å². The summed E-state index contributed by atoms with van der Waals surface area (Å²) in [7, 11) is 2.17. The fourth-order valence-corrected chi connectivity index (χ4v) is 9.14. The first-order valence-electron chi connectivity index (χ1n) is 16.1. The second-order valence-electron chi connectivity index (χ2n) is 12.5. The van der Waals surface area contributed by atoms with Gasteiger partial charge in [-0.05, 0) is 111 Å². The maximum Gasteiger partial charge on any atom is 0.349 e. The highest BCUT2D eigenvalue weighted by atomic mass is 32.1. The summed E-state index contributed by atoms with van der Waals surface area (Å²) in [5, 5.41) is 22.7. The number of aldehydes is 1. The van der Waals surface area contributed by atoms with Crippen molar-refractivity contribution >= 4 is 46.0 Å². The number of ether oxygens (including phenoxy) is 1. The van der Waals surface area contributed by atoms with Crippen LogP contribution in [0.3, 0.4) is 0 Å². The number of hydrogen-bond acceptors (Lipinski definition) is 9. The van der Waals surface area contributed by atoms with Crippen molar-refractivity contribution in [1.29, 1.82) is 0 Å². The van der Waals surface area contributed by atoms with E-state index in [1.807, 2.05) is 64.7 Å². The predicted molar refractivity (Wildman–Crippen MR) is 181 cm³/mol. The first-order chi connectivity index (χ1) is 22.5. The molecule has 7 rings (SSSR count). The van der Waals surface area contributed by atoms with E-state index in [2.05, 4.69) is 22.3 Å². The molecule has 0 bridgehead atoms. The SMILES string of the molecule is CN(CCCn1nnc2cc(C=O)c3c(c21)CCC3)C1CCC(OC(=O)[C@](O)(c2cccs2)c2ccc(-c3ccccc3)s2)CC1. The van der Waals surface area contributed by atoms with Gasteiger partial charge in [0, 0.05) is 23.0 Å². The van der Waals surface area contributed by atoms with Gasteiger partial charge in [0.25, 0.3) is 0 Å². The lowest BCUT2D eigenvalue weighted by Gasteiger charge is -2.35. The van der Waals surface area contributed by atoms with Crippen LogP contribution in [0.15, 0.2) is 66.0 Å². The Labute approximate surface area is 276 Å². The van der Waals surface area contributed by atoms with Crippen LogP contribution in [0.1, 0.15) is 69.8 Å². The van der Waals surface area contributed by atoms with Crippen molar-refractivity contribution in [2.24, 2.45) is 0 Å². The molecule has 2 aliphatic rings. The number of rotatable bonds is 11. The van der Waals surface area contributed by atoms with E-state index in [4.69, 9.17) is 4.74 Å². The topological polar surface area (TPSA) is 97.5 Å². The molecule has 5 aromatic rings. The van der Waals surface area contributed by atoms with E-state index in [1.54, 1.807) is 6.07 Å². The molecule has 46 heavy (non-hydrogen) atoms. The molecule has 10 heteroatoms. The number of thiophene rings is 2. The molecule has 3 heterocycles. The van der Waals surface area contributed by atoms with Crippen LogP contribution < -0.4 is 0 Å². The van der Waals surface area contributed by atoms with Crippen molar-refractivity contribution in [3.63, 3.8) is 0 Å². The first kappa shape index (κ1) is 30.9. The zero-order chi connectivity index (χ0) is 31.7. The molecule has 3 aromatic heterocycles. The summed E-state index contributed by atoms with van der Waals surface area (Å²) in [6.45, 7) is 1.70. The third-order valence-electron chi connectivity index (χ3n) is 9.65. The molecule has 8 nitrogen and oxygen atoms in total. The van der Waals surface area contributed by atoms with E-state index in [-0.39, 0.29) is 6.10 Å². The molecule has 1 N–H and O–H groups in total. The predicted octanol–water partition coefficient (Wildman–Crippen LogP) is 6.63. The molecule has 1 saturated carbocycles. The summed E-state index contributed by atoms with van der Waals surface area (Å²) in [6.07, 6.45) is 8.03. The number of aryl methyl sites for hydroxylation is 2. The van der Waals surface area contributed by atoms with Crippen LogP contribution in [0.2, 0.25) is 0 Å². The smallest absolute Gasteiger partial charge is 0.349 e. The third kappa shape index (κ3) is 5.83. The van der Waals surface area contributed by atoms with Crippen LogP contribution in [0.5, 0.6) is 0 Å². The second kappa shape index (κ2) is 13.2. The van der Waals surface area contributed by atoms with E-state index in [9.17, 15) is 14.7 Å². The van der Waals surface area contributed by atoms with Crippen molar-refractivity contribution in [2.75, 3.05) is 13.6 Å². The number of benzene rings is 2. The number of hydrogen-bond donors (Lipinski definition) is 1. The average Bonchev–Trinajstić information content (AvgIpc) is 3.92. The van der Waals surface area contributed by atoms with Crippen LogP contribution in [-0.4, -0.2) is 63.0 Å². The van der Waals surface area contributed by atoms with Gasteiger partial charge in [0.15, 0.2) is 0 Å². The maximum absolute atomic E-state index is 13.7. The standard InChI is InChI=1S/C36H38N4O4S2/c1-39(19-7-20-40-34-29-11-5-10-28(29)25(23-41)22-30(34)37-38-40)26-13-15-27(16-14-26)44-35(42)36(43,32-12-6-21-45-32)33-18-17-31(46-33)24-8-3-2-4-9-24/h2-4,6,8-9,12,17-18,21-23,26-27,43H,5,7,10-11,13-16,19-20H2,1H3/t26?,27?,36-/m0/s1. The fraction of sp³-hybridized carbons (Fsp3) is 0.389. The highest BCUT2D eigenvalue weighted by molar-refractivity contribution is 7.16. The van der Waals surface area contributed by atoms with Crippen LogP contribution in [0.25, 0.3) is 21.5 Å². The summed E-state index contributed by atoms with van der Waals surface area (Å²) in [5.41, 5.74) is 4.28. The number of carbonyl (C=O) groups excluding carboxylic acids is 2. The van der Waals surface area contributed by atoms with Crippen molar-refractivity contribution < 1.29 is 19.4 Å². The lowest BCUT2D eigenvalue weighted by atomic mass is 9.91. The molecule has 2 aliphatic carbocycles. The Hall–Kier alpha value is -3.70. The second-order valence-corrected chi connectivity index (χ2v) is 14.5. The van der Waals surface area contributed by atoms with Gasteiger partial charge in [0.1, 0.15) is 17.9 Å². The summed E-state index contributed by atoms with van der Waals surface area (Å²) < 4.78 is 8.08. The molecular weight excluding hydrogens is 617 g/mol. The molecule has 0 radical (unpaired) electrons. The highest BCUT2D eigenvalue weighted by Gasteiger charge is 2.45. The van der Waals surface area contributed by atoms with E-state index < -0.39 is 11.6 Å². The first-order valence-corrected chi connectivity index (χ1v) is 17.8. The van der Waals surface area contributed by atoms with Crippen LogP contribution in [0, 0.1) is 0 Å². The van der Waals surface area contributed by atoms with Gasteiger partial charge < -0.3 is 14.7 Å². The summed E-state index contributed by atoms with van der Waals surface area (Å²) in [4.78, 5) is 29.9. The molecule has 0 spiro atoms. The average molecular weight is 655 g/mol. The maximum atomic E-state index is 13.7. The van der Waals surface area contributed by atoms with E-state index in [1.165, 1.54) is 33.8 Å². The largest absolute Gasteiger partial charge is 0.460 e. The number of esters is 1. The third-order valence-corrected chi connectivity index (χ3v) is 11.9. The molecule has 1 fully saturated rings. The Morgan fingerprint density at radius 3 is 2.63 bits per heavy atom. The number of aliphatic hydroxyl groups is 1. The molecule has 2 aromatic carbocycles. The quantitative estimate of drug-likeness (QED) is 0.126. The van der Waals surface area contributed by atoms with Gasteiger partial charge in [-0.15, -0.1) is 27.8 Å². The molecule has 238 valence electrons. The molecule has 1 atom stereocenters. The Bertz CT molecular complexity index is 1830. The fourth-order valence-electron chi connectivity index (χ4n) is 7.14. The van der Waals surface area contributed by atoms with Gasteiger partial charge in [-0.2, -0.15) is 0 Å². The summed E-state index contributed by atoms with van der Waals surface area (Å²) in [5.74, 6) is -0.597. The minimum Gasteiger partial charge on any atom is -0.460 e. The molecule has 0 aliphatic heterocycles. The highest BCUT2D eigenvalue weighted by Crippen LogP contribution is 2.41. The van der Waals surface area contributed by atoms with E-state index >= 15 is 0 Å². The lowest BCUT2D eigenvalue weighted by Crippen LogP contribution is -2.42.